The Morgan fingerprint density at radius 3 is 2.86 bits per heavy atom. The van der Waals surface area contributed by atoms with E-state index < -0.39 is 12.0 Å². The minimum Gasteiger partial charge on any atom is -0.378 e. The van der Waals surface area contributed by atoms with Crippen molar-refractivity contribution in [2.24, 2.45) is 0 Å². The molecular formula is C13H14ClN3O3S. The lowest BCUT2D eigenvalue weighted by Gasteiger charge is -2.10. The van der Waals surface area contributed by atoms with Crippen LogP contribution in [0.15, 0.2) is 28.8 Å². The maximum absolute atomic E-state index is 11.8. The summed E-state index contributed by atoms with van der Waals surface area (Å²) in [7, 11) is 0. The molecule has 6 nitrogen and oxygen atoms in total. The molecule has 2 N–H and O–H groups in total. The number of nitrogens with zero attached hydrogens (tertiary/aromatic N) is 2. The van der Waals surface area contributed by atoms with Crippen LogP contribution in [0.2, 0.25) is 5.02 Å². The monoisotopic (exact) mass is 327 g/mol. The van der Waals surface area contributed by atoms with Crippen LogP contribution in [0.3, 0.4) is 0 Å². The van der Waals surface area contributed by atoms with Gasteiger partial charge in [-0.25, -0.2) is 0 Å². The summed E-state index contributed by atoms with van der Waals surface area (Å²) in [6.07, 6.45) is 0.663. The van der Waals surface area contributed by atoms with Crippen molar-refractivity contribution in [1.82, 2.24) is 15.5 Å². The average molecular weight is 328 g/mol. The molecule has 0 saturated carbocycles. The van der Waals surface area contributed by atoms with Gasteiger partial charge < -0.3 is 14.9 Å². The SMILES string of the molecule is CSCc1noc(CNC(=O)[C@H](O)c2ccc(Cl)cc2)n1. The van der Waals surface area contributed by atoms with Gasteiger partial charge in [-0.2, -0.15) is 16.7 Å². The highest BCUT2D eigenvalue weighted by Crippen LogP contribution is 2.16. The van der Waals surface area contributed by atoms with Gasteiger partial charge in [0.25, 0.3) is 5.91 Å². The summed E-state index contributed by atoms with van der Waals surface area (Å²) < 4.78 is 4.98. The fourth-order valence-corrected chi connectivity index (χ4v) is 2.11. The van der Waals surface area contributed by atoms with Gasteiger partial charge in [0.2, 0.25) is 5.89 Å². The van der Waals surface area contributed by atoms with E-state index in [-0.39, 0.29) is 6.54 Å². The molecule has 0 aliphatic carbocycles. The highest BCUT2D eigenvalue weighted by Gasteiger charge is 2.18. The molecule has 8 heteroatoms. The van der Waals surface area contributed by atoms with E-state index in [1.54, 1.807) is 36.0 Å². The van der Waals surface area contributed by atoms with E-state index in [9.17, 15) is 9.90 Å². The molecule has 1 aromatic carbocycles. The Kier molecular flexibility index (Phi) is 5.60. The van der Waals surface area contributed by atoms with Gasteiger partial charge in [0.1, 0.15) is 0 Å². The van der Waals surface area contributed by atoms with Gasteiger partial charge in [0.05, 0.1) is 12.3 Å². The van der Waals surface area contributed by atoms with E-state index in [0.717, 1.165) is 0 Å². The summed E-state index contributed by atoms with van der Waals surface area (Å²) in [6, 6.07) is 6.41. The molecule has 2 rings (SSSR count). The van der Waals surface area contributed by atoms with Gasteiger partial charge in [0, 0.05) is 5.02 Å². The molecule has 1 heterocycles. The third-order valence-corrected chi connectivity index (χ3v) is 3.43. The summed E-state index contributed by atoms with van der Waals surface area (Å²) >= 11 is 7.33. The Morgan fingerprint density at radius 2 is 2.19 bits per heavy atom. The highest BCUT2D eigenvalue weighted by atomic mass is 35.5. The smallest absolute Gasteiger partial charge is 0.253 e. The Hall–Kier alpha value is -1.57. The first-order valence-electron chi connectivity index (χ1n) is 6.12. The summed E-state index contributed by atoms with van der Waals surface area (Å²) in [4.78, 5) is 15.9. The van der Waals surface area contributed by atoms with Crippen molar-refractivity contribution in [2.75, 3.05) is 6.26 Å². The summed E-state index contributed by atoms with van der Waals surface area (Å²) in [5.74, 6) is 0.979. The van der Waals surface area contributed by atoms with Gasteiger partial charge in [-0.1, -0.05) is 28.9 Å². The van der Waals surface area contributed by atoms with Crippen LogP contribution in [-0.4, -0.2) is 27.4 Å². The molecule has 0 fully saturated rings. The summed E-state index contributed by atoms with van der Waals surface area (Å²) in [6.45, 7) is 0.0743. The van der Waals surface area contributed by atoms with Gasteiger partial charge in [0.15, 0.2) is 11.9 Å². The number of amides is 1. The quantitative estimate of drug-likeness (QED) is 0.843. The van der Waals surface area contributed by atoms with E-state index in [4.69, 9.17) is 16.1 Å². The molecule has 0 saturated heterocycles. The van der Waals surface area contributed by atoms with Gasteiger partial charge in [-0.15, -0.1) is 0 Å². The molecule has 1 amide bonds. The van der Waals surface area contributed by atoms with Crippen molar-refractivity contribution in [3.05, 3.63) is 46.6 Å². The molecule has 1 atom stereocenters. The molecule has 2 aromatic rings. The molecule has 112 valence electrons. The third-order valence-electron chi connectivity index (χ3n) is 2.63. The van der Waals surface area contributed by atoms with Crippen molar-refractivity contribution in [1.29, 1.82) is 0 Å². The summed E-state index contributed by atoms with van der Waals surface area (Å²) in [5.41, 5.74) is 0.463. The lowest BCUT2D eigenvalue weighted by Crippen LogP contribution is -2.28. The first-order valence-corrected chi connectivity index (χ1v) is 7.89. The van der Waals surface area contributed by atoms with Gasteiger partial charge in [-0.05, 0) is 24.0 Å². The van der Waals surface area contributed by atoms with Crippen LogP contribution in [0.1, 0.15) is 23.4 Å². The van der Waals surface area contributed by atoms with Crippen molar-refractivity contribution in [2.45, 2.75) is 18.4 Å². The molecule has 0 radical (unpaired) electrons. The van der Waals surface area contributed by atoms with Crippen molar-refractivity contribution in [3.63, 3.8) is 0 Å². The lowest BCUT2D eigenvalue weighted by molar-refractivity contribution is -0.129. The first-order chi connectivity index (χ1) is 10.1. The molecule has 0 aliphatic rings. The van der Waals surface area contributed by atoms with Crippen LogP contribution in [0.5, 0.6) is 0 Å². The number of hydrogen-bond acceptors (Lipinski definition) is 6. The number of carbonyl (C=O) groups is 1. The zero-order chi connectivity index (χ0) is 15.2. The second-order valence-electron chi connectivity index (χ2n) is 4.21. The predicted octanol–water partition coefficient (Wildman–Crippen LogP) is 1.94. The van der Waals surface area contributed by atoms with E-state index in [1.165, 1.54) is 0 Å². The predicted molar refractivity (Wildman–Crippen MR) is 79.8 cm³/mol. The molecular weight excluding hydrogens is 314 g/mol. The van der Waals surface area contributed by atoms with Crippen molar-refractivity contribution < 1.29 is 14.4 Å². The van der Waals surface area contributed by atoms with Crippen molar-refractivity contribution in [3.8, 4) is 0 Å². The van der Waals surface area contributed by atoms with E-state index >= 15 is 0 Å². The van der Waals surface area contributed by atoms with Crippen LogP contribution >= 0.6 is 23.4 Å². The van der Waals surface area contributed by atoms with Crippen LogP contribution in [-0.2, 0) is 17.1 Å². The number of benzene rings is 1. The lowest BCUT2D eigenvalue weighted by atomic mass is 10.1. The fraction of sp³-hybridized carbons (Fsp3) is 0.308. The van der Waals surface area contributed by atoms with Crippen LogP contribution in [0.25, 0.3) is 0 Å². The maximum atomic E-state index is 11.8. The molecule has 0 spiro atoms. The van der Waals surface area contributed by atoms with E-state index in [0.29, 0.717) is 28.1 Å². The highest BCUT2D eigenvalue weighted by molar-refractivity contribution is 7.97. The molecule has 21 heavy (non-hydrogen) atoms. The normalized spacial score (nSPS) is 12.1. The van der Waals surface area contributed by atoms with Gasteiger partial charge >= 0.3 is 0 Å². The average Bonchev–Trinajstić information content (AvgIpc) is 2.93. The number of rotatable bonds is 6. The van der Waals surface area contributed by atoms with E-state index in [1.807, 2.05) is 6.26 Å². The van der Waals surface area contributed by atoms with E-state index in [2.05, 4.69) is 15.5 Å². The zero-order valence-corrected chi connectivity index (χ0v) is 12.8. The first kappa shape index (κ1) is 15.8. The Bertz CT molecular complexity index is 603. The number of thioether (sulfide) groups is 1. The second-order valence-corrected chi connectivity index (χ2v) is 5.51. The maximum Gasteiger partial charge on any atom is 0.253 e. The Morgan fingerprint density at radius 1 is 1.48 bits per heavy atom. The summed E-state index contributed by atoms with van der Waals surface area (Å²) in [5, 5.41) is 16.8. The van der Waals surface area contributed by atoms with Crippen LogP contribution in [0, 0.1) is 0 Å². The number of aromatic nitrogens is 2. The second kappa shape index (κ2) is 7.44. The molecule has 0 aliphatic heterocycles. The number of aliphatic hydroxyl groups is 1. The minimum absolute atomic E-state index is 0.0743. The topological polar surface area (TPSA) is 88.2 Å². The minimum atomic E-state index is -1.27. The van der Waals surface area contributed by atoms with Crippen molar-refractivity contribution >= 4 is 29.3 Å². The number of carbonyl (C=O) groups excluding carboxylic acids is 1. The van der Waals surface area contributed by atoms with Crippen LogP contribution < -0.4 is 5.32 Å². The largest absolute Gasteiger partial charge is 0.378 e. The number of hydrogen-bond donors (Lipinski definition) is 2. The molecule has 0 bridgehead atoms. The van der Waals surface area contributed by atoms with Crippen LogP contribution in [0.4, 0.5) is 0 Å². The Balaban J connectivity index is 1.89. The number of aliphatic hydroxyl groups excluding tert-OH is 1. The number of halogens is 1. The molecule has 1 aromatic heterocycles. The van der Waals surface area contributed by atoms with Gasteiger partial charge in [-0.3, -0.25) is 4.79 Å². The number of nitrogens with one attached hydrogen (secondary N) is 1. The Labute approximate surface area is 130 Å². The fourth-order valence-electron chi connectivity index (χ4n) is 1.61. The third kappa shape index (κ3) is 4.45. The molecule has 0 unspecified atom stereocenters. The standard InChI is InChI=1S/C13H14ClN3O3S/c1-21-7-10-16-11(20-17-10)6-15-13(19)12(18)8-2-4-9(14)5-3-8/h2-5,12,18H,6-7H2,1H3,(H,15,19)/t12-/m1/s1. The zero-order valence-electron chi connectivity index (χ0n) is 11.2.